The fourth-order valence-electron chi connectivity index (χ4n) is 3.05. The van der Waals surface area contributed by atoms with Gasteiger partial charge in [-0.25, -0.2) is 0 Å². The summed E-state index contributed by atoms with van der Waals surface area (Å²) < 4.78 is 16.9. The third-order valence-corrected chi connectivity index (χ3v) is 5.91. The SMILES string of the molecule is CCOCCOP(C(=O)c1c(C)cc(C)cc1C)c1ccc(OCC)cc1.[Li]. The summed E-state index contributed by atoms with van der Waals surface area (Å²) in [5, 5.41) is 0.884. The van der Waals surface area contributed by atoms with E-state index in [4.69, 9.17) is 14.0 Å². The molecule has 0 amide bonds. The molecule has 1 unspecified atom stereocenters. The summed E-state index contributed by atoms with van der Waals surface area (Å²) in [6.07, 6.45) is 0. The Morgan fingerprint density at radius 1 is 0.929 bits per heavy atom. The summed E-state index contributed by atoms with van der Waals surface area (Å²) in [5.74, 6) is 0.792. The molecular weight excluding hydrogens is 366 g/mol. The molecule has 0 aliphatic carbocycles. The number of benzene rings is 2. The van der Waals surface area contributed by atoms with Gasteiger partial charge in [0.25, 0.3) is 0 Å². The van der Waals surface area contributed by atoms with Crippen molar-refractivity contribution in [2.45, 2.75) is 34.6 Å². The predicted molar refractivity (Wildman–Crippen MR) is 117 cm³/mol. The molecule has 0 saturated carbocycles. The second-order valence-electron chi connectivity index (χ2n) is 6.33. The molecule has 0 saturated heterocycles. The molecule has 147 valence electrons. The molecule has 0 spiro atoms. The van der Waals surface area contributed by atoms with Crippen LogP contribution in [0.4, 0.5) is 0 Å². The van der Waals surface area contributed by atoms with Gasteiger partial charge < -0.3 is 14.0 Å². The minimum absolute atomic E-state index is 0. The van der Waals surface area contributed by atoms with Gasteiger partial charge in [0.1, 0.15) is 13.9 Å². The van der Waals surface area contributed by atoms with Gasteiger partial charge in [0.05, 0.1) is 19.8 Å². The van der Waals surface area contributed by atoms with E-state index in [0.29, 0.717) is 26.4 Å². The number of hydrogen-bond acceptors (Lipinski definition) is 4. The molecule has 2 aromatic rings. The molecule has 2 aromatic carbocycles. The van der Waals surface area contributed by atoms with Crippen molar-refractivity contribution in [2.75, 3.05) is 26.4 Å². The summed E-state index contributed by atoms with van der Waals surface area (Å²) in [6, 6.07) is 11.7. The fraction of sp³-hybridized carbons (Fsp3) is 0.409. The van der Waals surface area contributed by atoms with E-state index in [1.165, 1.54) is 0 Å². The summed E-state index contributed by atoms with van der Waals surface area (Å²) >= 11 is 0. The molecule has 0 aromatic heterocycles. The molecule has 28 heavy (non-hydrogen) atoms. The standard InChI is InChI=1S/C22H29O4P.Li/c1-6-24-12-13-26-27(20-10-8-19(9-11-20)25-7-2)22(23)21-17(4)14-16(3)15-18(21)5;/h8-11,14-15H,6-7,12-13H2,1-5H3;. The largest absolute Gasteiger partial charge is 0.494 e. The second-order valence-corrected chi connectivity index (χ2v) is 8.10. The first kappa shape index (κ1) is 24.9. The Kier molecular flexibility index (Phi) is 11.0. The smallest absolute Gasteiger partial charge is 0.216 e. The van der Waals surface area contributed by atoms with Gasteiger partial charge in [-0.3, -0.25) is 4.79 Å². The Morgan fingerprint density at radius 3 is 2.07 bits per heavy atom. The van der Waals surface area contributed by atoms with Crippen LogP contribution in [0, 0.1) is 20.8 Å². The normalized spacial score (nSPS) is 11.6. The van der Waals surface area contributed by atoms with Gasteiger partial charge in [0.15, 0.2) is 0 Å². The van der Waals surface area contributed by atoms with Crippen LogP contribution < -0.4 is 10.0 Å². The molecule has 1 radical (unpaired) electrons. The van der Waals surface area contributed by atoms with E-state index in [1.54, 1.807) is 0 Å². The molecule has 0 heterocycles. The van der Waals surface area contributed by atoms with E-state index in [2.05, 4.69) is 0 Å². The van der Waals surface area contributed by atoms with Crippen LogP contribution >= 0.6 is 8.15 Å². The molecule has 0 aliphatic rings. The van der Waals surface area contributed by atoms with Crippen molar-refractivity contribution in [1.82, 2.24) is 0 Å². The van der Waals surface area contributed by atoms with Gasteiger partial charge in [-0.05, 0) is 70.0 Å². The molecular formula is C22H29LiO4P. The minimum atomic E-state index is -1.45. The third-order valence-electron chi connectivity index (χ3n) is 4.11. The quantitative estimate of drug-likeness (QED) is 0.337. The van der Waals surface area contributed by atoms with Gasteiger partial charge in [-0.15, -0.1) is 0 Å². The molecule has 0 fully saturated rings. The molecule has 4 nitrogen and oxygen atoms in total. The first-order valence-corrected chi connectivity index (χ1v) is 10.6. The van der Waals surface area contributed by atoms with Crippen LogP contribution in [-0.2, 0) is 9.26 Å². The van der Waals surface area contributed by atoms with Crippen LogP contribution in [0.15, 0.2) is 36.4 Å². The predicted octanol–water partition coefficient (Wildman–Crippen LogP) is 4.55. The van der Waals surface area contributed by atoms with E-state index < -0.39 is 8.15 Å². The average Bonchev–Trinajstić information content (AvgIpc) is 2.62. The molecule has 1 atom stereocenters. The van der Waals surface area contributed by atoms with E-state index in [1.807, 2.05) is 71.0 Å². The number of rotatable bonds is 10. The van der Waals surface area contributed by atoms with Gasteiger partial charge in [-0.2, -0.15) is 0 Å². The Balaban J connectivity index is 0.00000392. The van der Waals surface area contributed by atoms with E-state index >= 15 is 0 Å². The summed E-state index contributed by atoms with van der Waals surface area (Å²) in [5.41, 5.74) is 3.94. The first-order chi connectivity index (χ1) is 13.0. The second kappa shape index (κ2) is 12.4. The van der Waals surface area contributed by atoms with Crippen molar-refractivity contribution >= 4 is 37.8 Å². The van der Waals surface area contributed by atoms with E-state index in [-0.39, 0.29) is 24.4 Å². The topological polar surface area (TPSA) is 44.8 Å². The number of hydrogen-bond donors (Lipinski definition) is 0. The van der Waals surface area contributed by atoms with Crippen LogP contribution in [0.25, 0.3) is 0 Å². The molecule has 0 bridgehead atoms. The monoisotopic (exact) mass is 395 g/mol. The Hall–Kier alpha value is -1.14. The zero-order valence-electron chi connectivity index (χ0n) is 17.9. The zero-order valence-corrected chi connectivity index (χ0v) is 18.8. The zero-order chi connectivity index (χ0) is 19.8. The summed E-state index contributed by atoms with van der Waals surface area (Å²) in [6.45, 7) is 12.0. The number of aryl methyl sites for hydroxylation is 3. The summed E-state index contributed by atoms with van der Waals surface area (Å²) in [4.78, 5) is 13.4. The van der Waals surface area contributed by atoms with Crippen molar-refractivity contribution in [3.63, 3.8) is 0 Å². The molecule has 0 N–H and O–H groups in total. The number of carbonyl (C=O) groups excluding carboxylic acids is 1. The minimum Gasteiger partial charge on any atom is -0.494 e. The average molecular weight is 395 g/mol. The van der Waals surface area contributed by atoms with Crippen molar-refractivity contribution in [2.24, 2.45) is 0 Å². The number of carbonyl (C=O) groups is 1. The molecule has 0 aliphatic heterocycles. The van der Waals surface area contributed by atoms with Gasteiger partial charge in [0.2, 0.25) is 5.52 Å². The van der Waals surface area contributed by atoms with Crippen LogP contribution in [0.3, 0.4) is 0 Å². The van der Waals surface area contributed by atoms with Crippen LogP contribution in [-0.4, -0.2) is 50.8 Å². The van der Waals surface area contributed by atoms with Crippen molar-refractivity contribution < 1.29 is 18.8 Å². The van der Waals surface area contributed by atoms with Gasteiger partial charge >= 0.3 is 0 Å². The summed E-state index contributed by atoms with van der Waals surface area (Å²) in [7, 11) is -1.45. The first-order valence-electron chi connectivity index (χ1n) is 9.33. The molecule has 2 rings (SSSR count). The maximum absolute atomic E-state index is 13.4. The van der Waals surface area contributed by atoms with Crippen molar-refractivity contribution in [3.8, 4) is 5.75 Å². The van der Waals surface area contributed by atoms with Crippen LogP contribution in [0.2, 0.25) is 0 Å². The van der Waals surface area contributed by atoms with Crippen molar-refractivity contribution in [1.29, 1.82) is 0 Å². The van der Waals surface area contributed by atoms with Crippen molar-refractivity contribution in [3.05, 3.63) is 58.7 Å². The Labute approximate surface area is 182 Å². The third kappa shape index (κ3) is 6.73. The Morgan fingerprint density at radius 2 is 1.54 bits per heavy atom. The van der Waals surface area contributed by atoms with Gasteiger partial charge in [-0.1, -0.05) is 17.7 Å². The van der Waals surface area contributed by atoms with E-state index in [9.17, 15) is 4.79 Å². The number of ether oxygens (including phenoxy) is 2. The van der Waals surface area contributed by atoms with Crippen LogP contribution in [0.1, 0.15) is 40.9 Å². The van der Waals surface area contributed by atoms with E-state index in [0.717, 1.165) is 33.3 Å². The maximum Gasteiger partial charge on any atom is 0.216 e. The fourth-order valence-corrected chi connectivity index (χ4v) is 4.78. The Bertz CT molecular complexity index is 739. The van der Waals surface area contributed by atoms with Crippen LogP contribution in [0.5, 0.6) is 5.75 Å². The van der Waals surface area contributed by atoms with Gasteiger partial charge in [0, 0.05) is 36.3 Å². The maximum atomic E-state index is 13.4. The molecule has 6 heteroatoms.